The van der Waals surface area contributed by atoms with Crippen LogP contribution in [-0.2, 0) is 0 Å². The van der Waals surface area contributed by atoms with Crippen molar-refractivity contribution in [2.24, 2.45) is 4.99 Å². The predicted octanol–water partition coefficient (Wildman–Crippen LogP) is 4.17. The maximum Gasteiger partial charge on any atom is 0.0633 e. The van der Waals surface area contributed by atoms with Crippen LogP contribution in [0.3, 0.4) is 0 Å². The molecule has 1 heteroatoms. The van der Waals surface area contributed by atoms with E-state index in [1.807, 2.05) is 55.5 Å². The Kier molecular flexibility index (Phi) is 3.51. The van der Waals surface area contributed by atoms with Crippen LogP contribution in [0, 0.1) is 0 Å². The average molecular weight is 221 g/mol. The van der Waals surface area contributed by atoms with Crippen molar-refractivity contribution in [1.82, 2.24) is 0 Å². The number of rotatable bonds is 3. The molecule has 0 fully saturated rings. The lowest BCUT2D eigenvalue weighted by Gasteiger charge is -2.03. The van der Waals surface area contributed by atoms with Crippen LogP contribution < -0.4 is 0 Å². The molecule has 1 nitrogen and oxygen atoms in total. The van der Waals surface area contributed by atoms with Gasteiger partial charge in [-0.1, -0.05) is 67.2 Å². The molecule has 2 aromatic carbocycles. The summed E-state index contributed by atoms with van der Waals surface area (Å²) in [5, 5.41) is 0. The molecule has 17 heavy (non-hydrogen) atoms. The van der Waals surface area contributed by atoms with E-state index >= 15 is 0 Å². The van der Waals surface area contributed by atoms with Gasteiger partial charge in [0, 0.05) is 5.71 Å². The van der Waals surface area contributed by atoms with Gasteiger partial charge in [-0.05, 0) is 18.1 Å². The molecule has 0 N–H and O–H groups in total. The molecule has 0 aliphatic heterocycles. The zero-order chi connectivity index (χ0) is 12.1. The zero-order valence-corrected chi connectivity index (χ0v) is 9.93. The fourth-order valence-electron chi connectivity index (χ4n) is 1.64. The van der Waals surface area contributed by atoms with Crippen molar-refractivity contribution in [3.63, 3.8) is 0 Å². The van der Waals surface area contributed by atoms with Gasteiger partial charge in [-0.2, -0.15) is 0 Å². The fraction of sp³-hybridized carbons (Fsp3) is 0.0625. The van der Waals surface area contributed by atoms with E-state index < -0.39 is 0 Å². The monoisotopic (exact) mass is 221 g/mol. The highest BCUT2D eigenvalue weighted by molar-refractivity contribution is 6.01. The fourth-order valence-corrected chi connectivity index (χ4v) is 1.64. The summed E-state index contributed by atoms with van der Waals surface area (Å²) in [6, 6.07) is 20.1. The molecular formula is C16H15N. The Balaban J connectivity index is 2.24. The van der Waals surface area contributed by atoms with E-state index in [9.17, 15) is 0 Å². The summed E-state index contributed by atoms with van der Waals surface area (Å²) >= 11 is 0. The van der Waals surface area contributed by atoms with Gasteiger partial charge in [0.15, 0.2) is 0 Å². The summed E-state index contributed by atoms with van der Waals surface area (Å²) in [5.41, 5.74) is 3.97. The topological polar surface area (TPSA) is 12.4 Å². The molecule has 0 spiro atoms. The molecule has 0 bridgehead atoms. The zero-order valence-electron chi connectivity index (χ0n) is 9.93. The SMILES string of the molecule is C=C(N=C(C)c1ccccc1)c1ccccc1. The maximum absolute atomic E-state index is 4.54. The van der Waals surface area contributed by atoms with Crippen LogP contribution in [0.15, 0.2) is 72.2 Å². The molecule has 0 aliphatic rings. The maximum atomic E-state index is 4.54. The lowest BCUT2D eigenvalue weighted by molar-refractivity contribution is 1.48. The molecule has 2 rings (SSSR count). The Bertz CT molecular complexity index is 524. The van der Waals surface area contributed by atoms with Crippen LogP contribution in [0.2, 0.25) is 0 Å². The molecule has 0 saturated carbocycles. The van der Waals surface area contributed by atoms with E-state index in [2.05, 4.69) is 23.7 Å². The molecule has 0 aromatic heterocycles. The van der Waals surface area contributed by atoms with Crippen molar-refractivity contribution >= 4 is 11.4 Å². The highest BCUT2D eigenvalue weighted by Crippen LogP contribution is 2.14. The van der Waals surface area contributed by atoms with E-state index in [1.165, 1.54) is 0 Å². The molecule has 0 unspecified atom stereocenters. The first-order chi connectivity index (χ1) is 8.27. The normalized spacial score (nSPS) is 11.2. The van der Waals surface area contributed by atoms with E-state index in [-0.39, 0.29) is 0 Å². The summed E-state index contributed by atoms with van der Waals surface area (Å²) in [5.74, 6) is 0. The van der Waals surface area contributed by atoms with Gasteiger partial charge in [-0.25, -0.2) is 0 Å². The lowest BCUT2D eigenvalue weighted by Crippen LogP contribution is -1.94. The Morgan fingerprint density at radius 3 is 1.82 bits per heavy atom. The Labute approximate surface area is 102 Å². The number of nitrogens with zero attached hydrogens (tertiary/aromatic N) is 1. The minimum Gasteiger partial charge on any atom is -0.253 e. The standard InChI is InChI=1S/C16H15N/c1-13(15-9-5-3-6-10-15)17-14(2)16-11-7-4-8-12-16/h3-12H,1H2,2H3. The van der Waals surface area contributed by atoms with Crippen LogP contribution >= 0.6 is 0 Å². The first-order valence-corrected chi connectivity index (χ1v) is 5.62. The van der Waals surface area contributed by atoms with E-state index in [0.717, 1.165) is 22.5 Å². The third-order valence-corrected chi connectivity index (χ3v) is 2.60. The second-order valence-electron chi connectivity index (χ2n) is 3.88. The van der Waals surface area contributed by atoms with Crippen LogP contribution in [-0.4, -0.2) is 5.71 Å². The summed E-state index contributed by atoms with van der Waals surface area (Å²) in [7, 11) is 0. The van der Waals surface area contributed by atoms with E-state index in [1.54, 1.807) is 0 Å². The number of benzene rings is 2. The Morgan fingerprint density at radius 1 is 0.824 bits per heavy atom. The highest BCUT2D eigenvalue weighted by atomic mass is 14.7. The van der Waals surface area contributed by atoms with Gasteiger partial charge in [-0.15, -0.1) is 0 Å². The molecular weight excluding hydrogens is 206 g/mol. The lowest BCUT2D eigenvalue weighted by atomic mass is 10.1. The van der Waals surface area contributed by atoms with Crippen LogP contribution in [0.4, 0.5) is 0 Å². The van der Waals surface area contributed by atoms with Crippen molar-refractivity contribution in [3.8, 4) is 0 Å². The average Bonchev–Trinajstić information content (AvgIpc) is 2.40. The molecule has 2 aromatic rings. The highest BCUT2D eigenvalue weighted by Gasteiger charge is 1.99. The summed E-state index contributed by atoms with van der Waals surface area (Å²) in [6.07, 6.45) is 0. The van der Waals surface area contributed by atoms with E-state index in [0.29, 0.717) is 0 Å². The van der Waals surface area contributed by atoms with Gasteiger partial charge in [0.05, 0.1) is 5.70 Å². The number of hydrogen-bond acceptors (Lipinski definition) is 1. The number of aliphatic imine (C=N–C) groups is 1. The number of hydrogen-bond donors (Lipinski definition) is 0. The van der Waals surface area contributed by atoms with Crippen molar-refractivity contribution in [2.75, 3.05) is 0 Å². The first-order valence-electron chi connectivity index (χ1n) is 5.62. The smallest absolute Gasteiger partial charge is 0.0633 e. The van der Waals surface area contributed by atoms with Gasteiger partial charge in [0.2, 0.25) is 0 Å². The van der Waals surface area contributed by atoms with Crippen LogP contribution in [0.1, 0.15) is 18.1 Å². The van der Waals surface area contributed by atoms with Gasteiger partial charge in [-0.3, -0.25) is 4.99 Å². The molecule has 0 heterocycles. The molecule has 84 valence electrons. The minimum absolute atomic E-state index is 0.798. The van der Waals surface area contributed by atoms with Crippen molar-refractivity contribution in [1.29, 1.82) is 0 Å². The Morgan fingerprint density at radius 2 is 1.29 bits per heavy atom. The molecule has 0 aliphatic carbocycles. The van der Waals surface area contributed by atoms with Gasteiger partial charge >= 0.3 is 0 Å². The summed E-state index contributed by atoms with van der Waals surface area (Å²) < 4.78 is 0. The van der Waals surface area contributed by atoms with Gasteiger partial charge in [0.1, 0.15) is 0 Å². The minimum atomic E-state index is 0.798. The second kappa shape index (κ2) is 5.26. The summed E-state index contributed by atoms with van der Waals surface area (Å²) in [6.45, 7) is 6.01. The van der Waals surface area contributed by atoms with Gasteiger partial charge in [0.25, 0.3) is 0 Å². The van der Waals surface area contributed by atoms with Crippen LogP contribution in [0.25, 0.3) is 5.70 Å². The van der Waals surface area contributed by atoms with Crippen molar-refractivity contribution in [3.05, 3.63) is 78.4 Å². The third-order valence-electron chi connectivity index (χ3n) is 2.60. The second-order valence-corrected chi connectivity index (χ2v) is 3.88. The summed E-state index contributed by atoms with van der Waals surface area (Å²) in [4.78, 5) is 4.54. The molecule has 0 saturated heterocycles. The largest absolute Gasteiger partial charge is 0.253 e. The van der Waals surface area contributed by atoms with E-state index in [4.69, 9.17) is 0 Å². The molecule has 0 atom stereocenters. The van der Waals surface area contributed by atoms with Gasteiger partial charge < -0.3 is 0 Å². The first kappa shape index (κ1) is 11.3. The van der Waals surface area contributed by atoms with Crippen molar-refractivity contribution in [2.45, 2.75) is 6.92 Å². The van der Waals surface area contributed by atoms with Crippen molar-refractivity contribution < 1.29 is 0 Å². The predicted molar refractivity (Wildman–Crippen MR) is 74.1 cm³/mol. The third kappa shape index (κ3) is 2.91. The Hall–Kier alpha value is -2.15. The van der Waals surface area contributed by atoms with Crippen LogP contribution in [0.5, 0.6) is 0 Å². The quantitative estimate of drug-likeness (QED) is 0.690. The molecule has 0 amide bonds. The molecule has 0 radical (unpaired) electrons.